The number of carbonyl (C=O) groups excluding carboxylic acids is 1. The summed E-state index contributed by atoms with van der Waals surface area (Å²) in [5.74, 6) is 0.325. The van der Waals surface area contributed by atoms with Crippen molar-refractivity contribution in [1.29, 1.82) is 0 Å². The third kappa shape index (κ3) is 6.45. The molecule has 3 atom stereocenters. The van der Waals surface area contributed by atoms with Gasteiger partial charge in [-0.25, -0.2) is 4.79 Å². The molecule has 0 aromatic rings. The fourth-order valence-corrected chi connectivity index (χ4v) is 4.22. The second-order valence-electron chi connectivity index (χ2n) is 7.80. The Morgan fingerprint density at radius 3 is 2.36 bits per heavy atom. The monoisotopic (exact) mass is 373 g/mol. The maximum atomic E-state index is 12.6. The summed E-state index contributed by atoms with van der Waals surface area (Å²) in [5.41, 5.74) is -0.581. The van der Waals surface area contributed by atoms with Crippen LogP contribution in [0.3, 0.4) is 0 Å². The van der Waals surface area contributed by atoms with E-state index in [0.29, 0.717) is 12.3 Å². The molecule has 25 heavy (non-hydrogen) atoms. The number of ether oxygens (including phenoxy) is 1. The molecule has 1 amide bonds. The molecule has 1 unspecified atom stereocenters. The summed E-state index contributed by atoms with van der Waals surface area (Å²) in [7, 11) is -3.54. The van der Waals surface area contributed by atoms with Gasteiger partial charge >= 0.3 is 6.09 Å². The zero-order chi connectivity index (χ0) is 18.1. The molecule has 2 fully saturated rings. The van der Waals surface area contributed by atoms with E-state index in [0.717, 1.165) is 32.3 Å². The van der Waals surface area contributed by atoms with Gasteiger partial charge in [0.15, 0.2) is 0 Å². The summed E-state index contributed by atoms with van der Waals surface area (Å²) in [6.45, 7) is 10.8. The second kappa shape index (κ2) is 8.27. The lowest BCUT2D eigenvalue weighted by atomic mass is 9.96. The summed E-state index contributed by atoms with van der Waals surface area (Å²) in [6.07, 6.45) is 1.71. The van der Waals surface area contributed by atoms with Crippen molar-refractivity contribution in [1.82, 2.24) is 9.80 Å². The maximum absolute atomic E-state index is 12.6. The van der Waals surface area contributed by atoms with Crippen LogP contribution in [0.2, 0.25) is 0 Å². The largest absolute Gasteiger partial charge is 0.444 e. The van der Waals surface area contributed by atoms with Crippen LogP contribution in [-0.4, -0.2) is 82.9 Å². The lowest BCUT2D eigenvalue weighted by Gasteiger charge is -2.31. The highest BCUT2D eigenvalue weighted by molar-refractivity contribution is 7.86. The van der Waals surface area contributed by atoms with Crippen LogP contribution in [-0.2, 0) is 19.0 Å². The van der Waals surface area contributed by atoms with Crippen molar-refractivity contribution in [2.24, 2.45) is 5.92 Å². The van der Waals surface area contributed by atoms with Crippen LogP contribution in [0.5, 0.6) is 0 Å². The summed E-state index contributed by atoms with van der Waals surface area (Å²) in [5, 5.41) is 0. The first-order valence-electron chi connectivity index (χ1n) is 8.58. The Balaban J connectivity index is 0.00000312. The number of amides is 1. The summed E-state index contributed by atoms with van der Waals surface area (Å²) < 4.78 is 33.6. The Bertz CT molecular complexity index is 563. The first-order chi connectivity index (χ1) is 11.0. The highest BCUT2D eigenvalue weighted by Crippen LogP contribution is 2.33. The van der Waals surface area contributed by atoms with E-state index in [1.807, 2.05) is 20.8 Å². The second-order valence-corrected chi connectivity index (χ2v) is 9.40. The van der Waals surface area contributed by atoms with E-state index in [4.69, 9.17) is 8.92 Å². The van der Waals surface area contributed by atoms with Crippen LogP contribution in [0.4, 0.5) is 4.79 Å². The van der Waals surface area contributed by atoms with Gasteiger partial charge in [-0.3, -0.25) is 4.18 Å². The smallest absolute Gasteiger partial charge is 0.410 e. The lowest BCUT2D eigenvalue weighted by Crippen LogP contribution is -2.44. The van der Waals surface area contributed by atoms with E-state index in [2.05, 4.69) is 11.8 Å². The third-order valence-electron chi connectivity index (χ3n) is 4.54. The predicted molar refractivity (Wildman–Crippen MR) is 97.0 cm³/mol. The van der Waals surface area contributed by atoms with Gasteiger partial charge in [-0.05, 0) is 52.6 Å². The van der Waals surface area contributed by atoms with Gasteiger partial charge in [0.1, 0.15) is 5.60 Å². The Kier molecular flexibility index (Phi) is 7.36. The van der Waals surface area contributed by atoms with Crippen molar-refractivity contribution in [3.63, 3.8) is 0 Å². The molecule has 9 heteroatoms. The van der Waals surface area contributed by atoms with E-state index in [1.165, 1.54) is 0 Å². The molecule has 0 aromatic heterocycles. The molecule has 2 rings (SSSR count). The Morgan fingerprint density at radius 2 is 1.88 bits per heavy atom. The molecule has 2 heterocycles. The van der Waals surface area contributed by atoms with Gasteiger partial charge < -0.3 is 14.5 Å². The number of carbonyl (C=O) groups is 1. The van der Waals surface area contributed by atoms with Gasteiger partial charge in [0.2, 0.25) is 0 Å². The van der Waals surface area contributed by atoms with Crippen molar-refractivity contribution in [3.05, 3.63) is 0 Å². The number of likely N-dealkylation sites (tertiary alicyclic amines) is 2. The number of rotatable bonds is 4. The molecule has 143 valence electrons. The normalized spacial score (nSPS) is 28.0. The van der Waals surface area contributed by atoms with Gasteiger partial charge in [0, 0.05) is 21.0 Å². The summed E-state index contributed by atoms with van der Waals surface area (Å²) in [6, 6.07) is -0.0388. The minimum Gasteiger partial charge on any atom is -0.444 e. The van der Waals surface area contributed by atoms with Crippen LogP contribution >= 0.6 is 0 Å². The van der Waals surface area contributed by atoms with E-state index in [1.54, 1.807) is 4.90 Å². The molecule has 0 aromatic carbocycles. The molecule has 2 aliphatic heterocycles. The van der Waals surface area contributed by atoms with Gasteiger partial charge in [0.25, 0.3) is 10.1 Å². The molecule has 3 radical (unpaired) electrons. The van der Waals surface area contributed by atoms with Crippen LogP contribution < -0.4 is 0 Å². The van der Waals surface area contributed by atoms with Crippen molar-refractivity contribution in [2.45, 2.75) is 58.3 Å². The average molecular weight is 373 g/mol. The minimum atomic E-state index is -3.54. The average Bonchev–Trinajstić information content (AvgIpc) is 3.00. The number of nitrogens with zero attached hydrogens (tertiary/aromatic N) is 2. The first kappa shape index (κ1) is 22.2. The van der Waals surface area contributed by atoms with Crippen LogP contribution in [0, 0.1) is 5.92 Å². The fourth-order valence-electron chi connectivity index (χ4n) is 3.58. The Labute approximate surface area is 153 Å². The van der Waals surface area contributed by atoms with E-state index >= 15 is 0 Å². The molecular weight excluding hydrogens is 343 g/mol. The maximum Gasteiger partial charge on any atom is 0.410 e. The van der Waals surface area contributed by atoms with Gasteiger partial charge in [-0.2, -0.15) is 8.42 Å². The number of hydrogen-bond donors (Lipinski definition) is 0. The van der Waals surface area contributed by atoms with Crippen molar-refractivity contribution < 1.29 is 22.1 Å². The zero-order valence-corrected chi connectivity index (χ0v) is 16.7. The zero-order valence-electron chi connectivity index (χ0n) is 15.9. The molecule has 0 N–H and O–H groups in total. The topological polar surface area (TPSA) is 76.2 Å². The van der Waals surface area contributed by atoms with Gasteiger partial charge in [0.05, 0.1) is 18.9 Å². The van der Waals surface area contributed by atoms with Crippen molar-refractivity contribution in [3.8, 4) is 0 Å². The Hall–Kier alpha value is -0.795. The third-order valence-corrected chi connectivity index (χ3v) is 5.17. The quantitative estimate of drug-likeness (QED) is 0.546. The van der Waals surface area contributed by atoms with E-state index in [9.17, 15) is 13.2 Å². The van der Waals surface area contributed by atoms with E-state index < -0.39 is 21.8 Å². The molecule has 0 spiro atoms. The molecule has 7 nitrogen and oxygen atoms in total. The summed E-state index contributed by atoms with van der Waals surface area (Å²) in [4.78, 5) is 16.6. The van der Waals surface area contributed by atoms with Gasteiger partial charge in [-0.1, -0.05) is 6.92 Å². The van der Waals surface area contributed by atoms with E-state index in [-0.39, 0.29) is 27.1 Å². The van der Waals surface area contributed by atoms with Crippen molar-refractivity contribution >= 4 is 24.6 Å². The molecule has 2 aliphatic rings. The minimum absolute atomic E-state index is 0. The molecule has 0 aliphatic carbocycles. The molecule has 2 saturated heterocycles. The van der Waals surface area contributed by atoms with Crippen LogP contribution in [0.1, 0.15) is 40.5 Å². The highest BCUT2D eigenvalue weighted by atomic mass is 32.2. The predicted octanol–water partition coefficient (Wildman–Crippen LogP) is 1.30. The first-order valence-corrected chi connectivity index (χ1v) is 10.4. The SMILES string of the molecule is CCN1CCC([C@@H]2C[C@@H](OS(C)(=O)=O)CN2C(=O)OC(C)(C)C)C1.[B]. The Morgan fingerprint density at radius 1 is 1.24 bits per heavy atom. The molecular formula is C16H30BN2O5S. The van der Waals surface area contributed by atoms with Gasteiger partial charge in [-0.15, -0.1) is 0 Å². The van der Waals surface area contributed by atoms with Crippen LogP contribution in [0.25, 0.3) is 0 Å². The molecule has 0 saturated carbocycles. The van der Waals surface area contributed by atoms with Crippen molar-refractivity contribution in [2.75, 3.05) is 32.4 Å². The standard InChI is InChI=1S/C16H30N2O5S.B/c1-6-17-8-7-12(10-17)14-9-13(23-24(5,20)21)11-18(14)15(19)22-16(2,3)4;/h12-14H,6-11H2,1-5H3;/t12?,13-,14+;/m1./s1. The number of hydrogen-bond acceptors (Lipinski definition) is 6. The highest BCUT2D eigenvalue weighted by Gasteiger charge is 2.44. The lowest BCUT2D eigenvalue weighted by molar-refractivity contribution is 0.0169. The van der Waals surface area contributed by atoms with Crippen LogP contribution in [0.15, 0.2) is 0 Å². The summed E-state index contributed by atoms with van der Waals surface area (Å²) >= 11 is 0. The fraction of sp³-hybridized carbons (Fsp3) is 0.938. The molecule has 0 bridgehead atoms.